The van der Waals surface area contributed by atoms with Crippen molar-refractivity contribution in [1.82, 2.24) is 9.97 Å². The molecule has 29 heavy (non-hydrogen) atoms. The number of carbonyl (C=O) groups is 2. The summed E-state index contributed by atoms with van der Waals surface area (Å²) in [6.45, 7) is 6.16. The highest BCUT2D eigenvalue weighted by atomic mass is 32.2. The molecular weight excluding hydrogens is 410 g/mol. The molecule has 0 fully saturated rings. The first-order valence-corrected chi connectivity index (χ1v) is 10.9. The monoisotopic (exact) mass is 431 g/mol. The number of hydrogen-bond acceptors (Lipinski definition) is 7. The summed E-state index contributed by atoms with van der Waals surface area (Å²) in [5.74, 6) is -0.528. The fourth-order valence-corrected chi connectivity index (χ4v) is 4.35. The Morgan fingerprint density at radius 2 is 1.97 bits per heavy atom. The molecule has 3 aromatic rings. The van der Waals surface area contributed by atoms with Crippen LogP contribution in [0, 0.1) is 13.8 Å². The third-order valence-electron chi connectivity index (χ3n) is 4.20. The summed E-state index contributed by atoms with van der Waals surface area (Å²) in [6, 6.07) is 6.51. The van der Waals surface area contributed by atoms with Gasteiger partial charge >= 0.3 is 5.97 Å². The van der Waals surface area contributed by atoms with E-state index in [-0.39, 0.29) is 23.2 Å². The summed E-state index contributed by atoms with van der Waals surface area (Å²) in [6.07, 6.45) is 0.760. The summed E-state index contributed by atoms with van der Waals surface area (Å²) in [7, 11) is 0. The number of esters is 1. The van der Waals surface area contributed by atoms with Crippen molar-refractivity contribution < 1.29 is 14.3 Å². The minimum atomic E-state index is -0.384. The zero-order valence-corrected chi connectivity index (χ0v) is 18.0. The highest BCUT2D eigenvalue weighted by molar-refractivity contribution is 7.99. The van der Waals surface area contributed by atoms with E-state index in [4.69, 9.17) is 4.74 Å². The molecule has 0 aliphatic heterocycles. The van der Waals surface area contributed by atoms with Gasteiger partial charge in [-0.1, -0.05) is 18.7 Å². The van der Waals surface area contributed by atoms with Gasteiger partial charge in [0.25, 0.3) is 5.56 Å². The van der Waals surface area contributed by atoms with Crippen LogP contribution in [-0.4, -0.2) is 34.2 Å². The molecule has 2 N–H and O–H groups in total. The van der Waals surface area contributed by atoms with Gasteiger partial charge in [-0.25, -0.2) is 9.78 Å². The van der Waals surface area contributed by atoms with Crippen molar-refractivity contribution in [2.45, 2.75) is 32.3 Å². The van der Waals surface area contributed by atoms with E-state index < -0.39 is 0 Å². The van der Waals surface area contributed by atoms with Crippen LogP contribution in [0.3, 0.4) is 0 Å². The van der Waals surface area contributed by atoms with E-state index in [1.54, 1.807) is 24.3 Å². The van der Waals surface area contributed by atoms with E-state index in [2.05, 4.69) is 15.3 Å². The van der Waals surface area contributed by atoms with Crippen molar-refractivity contribution in [3.63, 3.8) is 0 Å². The molecule has 0 aliphatic carbocycles. The average molecular weight is 432 g/mol. The minimum absolute atomic E-state index is 0.0953. The zero-order valence-electron chi connectivity index (χ0n) is 16.3. The number of carbonyl (C=O) groups excluding carboxylic acids is 2. The summed E-state index contributed by atoms with van der Waals surface area (Å²) >= 11 is 2.63. The number of ether oxygens (including phenoxy) is 1. The molecule has 1 amide bonds. The number of thiophene rings is 1. The normalized spacial score (nSPS) is 10.9. The number of aromatic amines is 1. The average Bonchev–Trinajstić information content (AvgIpc) is 2.99. The van der Waals surface area contributed by atoms with Crippen LogP contribution in [0.15, 0.2) is 34.2 Å². The summed E-state index contributed by atoms with van der Waals surface area (Å²) in [4.78, 5) is 45.2. The number of anilines is 1. The molecule has 0 atom stereocenters. The van der Waals surface area contributed by atoms with Gasteiger partial charge in [-0.2, -0.15) is 0 Å². The van der Waals surface area contributed by atoms with Gasteiger partial charge in [-0.05, 0) is 50.1 Å². The Labute approximate surface area is 175 Å². The van der Waals surface area contributed by atoms with Gasteiger partial charge in [0.2, 0.25) is 5.91 Å². The van der Waals surface area contributed by atoms with Crippen molar-refractivity contribution in [2.24, 2.45) is 0 Å². The molecule has 3 rings (SSSR count). The number of rotatable bonds is 7. The fraction of sp³-hybridized carbons (Fsp3) is 0.300. The Hall–Kier alpha value is -2.65. The van der Waals surface area contributed by atoms with E-state index in [1.165, 1.54) is 11.3 Å². The number of nitrogens with one attached hydrogen (secondary N) is 2. The summed E-state index contributed by atoms with van der Waals surface area (Å²) in [5.41, 5.74) is 1.76. The van der Waals surface area contributed by atoms with Gasteiger partial charge in [0, 0.05) is 10.6 Å². The zero-order chi connectivity index (χ0) is 21.0. The topological polar surface area (TPSA) is 101 Å². The second-order valence-electron chi connectivity index (χ2n) is 6.38. The van der Waals surface area contributed by atoms with Gasteiger partial charge in [0.05, 0.1) is 23.3 Å². The van der Waals surface area contributed by atoms with E-state index in [0.717, 1.165) is 28.6 Å². The van der Waals surface area contributed by atoms with Crippen LogP contribution in [0.1, 0.15) is 34.1 Å². The van der Waals surface area contributed by atoms with E-state index >= 15 is 0 Å². The maximum atomic E-state index is 12.3. The van der Waals surface area contributed by atoms with Gasteiger partial charge in [-0.15, -0.1) is 11.3 Å². The minimum Gasteiger partial charge on any atom is -0.462 e. The molecule has 0 saturated carbocycles. The molecule has 0 bridgehead atoms. The lowest BCUT2D eigenvalue weighted by molar-refractivity contribution is -0.113. The number of amides is 1. The molecule has 2 aromatic heterocycles. The first-order valence-electron chi connectivity index (χ1n) is 9.09. The maximum absolute atomic E-state index is 12.3. The Balaban J connectivity index is 1.59. The van der Waals surface area contributed by atoms with Gasteiger partial charge in [-0.3, -0.25) is 9.59 Å². The van der Waals surface area contributed by atoms with E-state index in [1.807, 2.05) is 20.8 Å². The van der Waals surface area contributed by atoms with Crippen molar-refractivity contribution in [1.29, 1.82) is 0 Å². The highest BCUT2D eigenvalue weighted by Crippen LogP contribution is 2.27. The second kappa shape index (κ2) is 9.23. The number of nitrogens with zero attached hydrogens (tertiary/aromatic N) is 1. The third kappa shape index (κ3) is 5.04. The predicted octanol–water partition coefficient (Wildman–Crippen LogP) is 3.90. The second-order valence-corrected chi connectivity index (χ2v) is 8.55. The lowest BCUT2D eigenvalue weighted by Crippen LogP contribution is -2.15. The molecule has 0 unspecified atom stereocenters. The van der Waals surface area contributed by atoms with Crippen molar-refractivity contribution >= 4 is 50.9 Å². The molecule has 0 spiro atoms. The molecule has 1 aromatic carbocycles. The Morgan fingerprint density at radius 1 is 1.24 bits per heavy atom. The number of thioether (sulfide) groups is 1. The van der Waals surface area contributed by atoms with Crippen LogP contribution in [0.25, 0.3) is 10.2 Å². The van der Waals surface area contributed by atoms with Gasteiger partial charge in [0.1, 0.15) is 4.83 Å². The van der Waals surface area contributed by atoms with Crippen LogP contribution in [0.5, 0.6) is 0 Å². The summed E-state index contributed by atoms with van der Waals surface area (Å²) in [5, 5.41) is 3.78. The van der Waals surface area contributed by atoms with Crippen molar-refractivity contribution in [3.05, 3.63) is 50.6 Å². The highest BCUT2D eigenvalue weighted by Gasteiger charge is 2.13. The Kier molecular flexibility index (Phi) is 6.71. The van der Waals surface area contributed by atoms with E-state index in [0.29, 0.717) is 33.2 Å². The van der Waals surface area contributed by atoms with Crippen molar-refractivity contribution in [2.75, 3.05) is 17.7 Å². The van der Waals surface area contributed by atoms with Crippen LogP contribution < -0.4 is 10.9 Å². The first kappa shape index (κ1) is 21.1. The van der Waals surface area contributed by atoms with Crippen LogP contribution >= 0.6 is 23.1 Å². The Bertz CT molecular complexity index is 1100. The Morgan fingerprint density at radius 3 is 2.66 bits per heavy atom. The number of hydrogen-bond donors (Lipinski definition) is 2. The van der Waals surface area contributed by atoms with Crippen LogP contribution in [-0.2, 0) is 9.53 Å². The number of benzene rings is 1. The maximum Gasteiger partial charge on any atom is 0.338 e. The molecule has 7 nitrogen and oxygen atoms in total. The molecule has 0 saturated heterocycles. The number of aromatic nitrogens is 2. The van der Waals surface area contributed by atoms with Crippen LogP contribution in [0.2, 0.25) is 0 Å². The quantitative estimate of drug-likeness (QED) is 0.334. The van der Waals surface area contributed by atoms with Gasteiger partial charge in [0.15, 0.2) is 5.16 Å². The van der Waals surface area contributed by atoms with E-state index in [9.17, 15) is 14.4 Å². The standard InChI is InChI=1S/C20H21N3O4S2/c1-4-9-27-19(26)13-5-7-14(8-6-13)21-15(24)10-28-20-22-17(25)16-11(2)12(3)29-18(16)23-20/h5-8H,4,9-10H2,1-3H3,(H,21,24)(H,22,23,25). The number of H-pyrrole nitrogens is 1. The molecule has 152 valence electrons. The third-order valence-corrected chi connectivity index (χ3v) is 6.17. The predicted molar refractivity (Wildman–Crippen MR) is 116 cm³/mol. The largest absolute Gasteiger partial charge is 0.462 e. The first-order chi connectivity index (χ1) is 13.9. The smallest absolute Gasteiger partial charge is 0.338 e. The van der Waals surface area contributed by atoms with Crippen LogP contribution in [0.4, 0.5) is 5.69 Å². The SMILES string of the molecule is CCCOC(=O)c1ccc(NC(=O)CSc2nc3sc(C)c(C)c3c(=O)[nH]2)cc1. The lowest BCUT2D eigenvalue weighted by atomic mass is 10.2. The number of aryl methyl sites for hydroxylation is 2. The molecule has 2 heterocycles. The fourth-order valence-electron chi connectivity index (χ4n) is 2.60. The number of fused-ring (bicyclic) bond motifs is 1. The summed E-state index contributed by atoms with van der Waals surface area (Å²) < 4.78 is 5.07. The molecule has 9 heteroatoms. The lowest BCUT2D eigenvalue weighted by Gasteiger charge is -2.07. The molecular formula is C20H21N3O4S2. The molecule has 0 aliphatic rings. The van der Waals surface area contributed by atoms with Gasteiger partial charge < -0.3 is 15.0 Å². The molecule has 0 radical (unpaired) electrons. The van der Waals surface area contributed by atoms with Crippen molar-refractivity contribution in [3.8, 4) is 0 Å².